The van der Waals surface area contributed by atoms with Crippen LogP contribution in [0.2, 0.25) is 0 Å². The van der Waals surface area contributed by atoms with E-state index in [1.54, 1.807) is 0 Å². The Balaban J connectivity index is 5.09. The largest absolute Gasteiger partial charge is 0.472 e. The molecule has 0 aromatic carbocycles. The average molecular weight is 1280 g/mol. The summed E-state index contributed by atoms with van der Waals surface area (Å²) in [7, 11) is -9.88. The summed E-state index contributed by atoms with van der Waals surface area (Å²) in [5.41, 5.74) is 0. The molecule has 0 bridgehead atoms. The number of aliphatic hydroxyl groups excluding tert-OH is 1. The molecule has 0 saturated carbocycles. The van der Waals surface area contributed by atoms with Gasteiger partial charge in [-0.25, -0.2) is 9.13 Å². The molecule has 2 unspecified atom stereocenters. The van der Waals surface area contributed by atoms with E-state index in [0.717, 1.165) is 109 Å². The van der Waals surface area contributed by atoms with Crippen LogP contribution in [0.4, 0.5) is 0 Å². The molecule has 19 heteroatoms. The number of esters is 4. The Morgan fingerprint density at radius 3 is 0.678 bits per heavy atom. The summed E-state index contributed by atoms with van der Waals surface area (Å²) in [6.45, 7) is 4.79. The molecule has 0 fully saturated rings. The summed E-state index contributed by atoms with van der Waals surface area (Å²) in [5, 5.41) is 10.5. The van der Waals surface area contributed by atoms with Crippen molar-refractivity contribution < 1.29 is 80.2 Å². The number of carbonyl (C=O) groups excluding carboxylic acids is 4. The van der Waals surface area contributed by atoms with Crippen molar-refractivity contribution in [2.24, 2.45) is 0 Å². The normalized spacial score (nSPS) is 14.1. The monoisotopic (exact) mass is 1280 g/mol. The summed E-state index contributed by atoms with van der Waals surface area (Å²) in [6.07, 6.45) is 50.6. The van der Waals surface area contributed by atoms with Gasteiger partial charge in [0.2, 0.25) is 0 Å². The Kier molecular flexibility index (Phi) is 61.4. The predicted octanol–water partition coefficient (Wildman–Crippen LogP) is 19.5. The van der Waals surface area contributed by atoms with Gasteiger partial charge in [0, 0.05) is 25.7 Å². The second kappa shape index (κ2) is 62.8. The zero-order valence-corrected chi connectivity index (χ0v) is 57.8. The maximum Gasteiger partial charge on any atom is 0.472 e. The summed E-state index contributed by atoms with van der Waals surface area (Å²) in [4.78, 5) is 72.0. The average Bonchev–Trinajstić information content (AvgIpc) is 3.62. The van der Waals surface area contributed by atoms with Gasteiger partial charge in [-0.15, -0.1) is 0 Å². The van der Waals surface area contributed by atoms with Crippen LogP contribution in [0.1, 0.15) is 355 Å². The van der Waals surface area contributed by atoms with Gasteiger partial charge in [-0.05, 0) is 25.7 Å². The van der Waals surface area contributed by atoms with Gasteiger partial charge in [-0.1, -0.05) is 304 Å². The van der Waals surface area contributed by atoms with Crippen LogP contribution in [-0.4, -0.2) is 96.7 Å². The lowest BCUT2D eigenvalue weighted by Gasteiger charge is -2.21. The van der Waals surface area contributed by atoms with Crippen LogP contribution in [0.3, 0.4) is 0 Å². The number of hydrogen-bond donors (Lipinski definition) is 3. The van der Waals surface area contributed by atoms with Gasteiger partial charge in [-0.2, -0.15) is 0 Å². The fourth-order valence-corrected chi connectivity index (χ4v) is 11.9. The smallest absolute Gasteiger partial charge is 0.462 e. The molecular weight excluding hydrogens is 1150 g/mol. The Labute approximate surface area is 530 Å². The number of phosphoric ester groups is 2. The molecule has 0 aromatic rings. The van der Waals surface area contributed by atoms with Crippen LogP contribution in [-0.2, 0) is 65.4 Å². The highest BCUT2D eigenvalue weighted by Gasteiger charge is 2.30. The Hall–Kier alpha value is -1.94. The topological polar surface area (TPSA) is 237 Å². The molecule has 17 nitrogen and oxygen atoms in total. The van der Waals surface area contributed by atoms with E-state index in [1.807, 2.05) is 0 Å². The zero-order chi connectivity index (χ0) is 64.0. The molecule has 3 N–H and O–H groups in total. The van der Waals surface area contributed by atoms with Crippen molar-refractivity contribution in [3.8, 4) is 0 Å². The van der Waals surface area contributed by atoms with Crippen molar-refractivity contribution >= 4 is 39.5 Å². The minimum atomic E-state index is -4.95. The molecule has 0 rings (SSSR count). The Bertz CT molecular complexity index is 1670. The SMILES string of the molecule is CCCCCCCCCCCCCCCCCCCCCCC(=O)O[C@H](COC(=O)CCCCCCCCCCCCCCCCC)COP(=O)(O)OC[C@@H](O)COP(=O)(O)OC[C@@H](COC(=O)CCCCCCC)OC(=O)CCCCCCCCC. The molecule has 0 amide bonds. The van der Waals surface area contributed by atoms with E-state index < -0.39 is 97.5 Å². The second-order valence-corrected chi connectivity index (χ2v) is 27.5. The lowest BCUT2D eigenvalue weighted by atomic mass is 10.0. The summed E-state index contributed by atoms with van der Waals surface area (Å²) < 4.78 is 67.8. The maximum atomic E-state index is 13.0. The van der Waals surface area contributed by atoms with E-state index in [9.17, 15) is 43.2 Å². The Morgan fingerprint density at radius 2 is 0.460 bits per heavy atom. The molecule has 0 saturated heterocycles. The van der Waals surface area contributed by atoms with Gasteiger partial charge in [-0.3, -0.25) is 37.3 Å². The number of ether oxygens (including phenoxy) is 4. The van der Waals surface area contributed by atoms with E-state index in [4.69, 9.17) is 37.0 Å². The van der Waals surface area contributed by atoms with Crippen molar-refractivity contribution in [1.82, 2.24) is 0 Å². The lowest BCUT2D eigenvalue weighted by molar-refractivity contribution is -0.161. The highest BCUT2D eigenvalue weighted by Crippen LogP contribution is 2.45. The van der Waals surface area contributed by atoms with E-state index >= 15 is 0 Å². The molecule has 0 aromatic heterocycles. The van der Waals surface area contributed by atoms with Gasteiger partial charge in [0.05, 0.1) is 26.4 Å². The van der Waals surface area contributed by atoms with E-state index in [1.165, 1.54) is 167 Å². The highest BCUT2D eigenvalue weighted by atomic mass is 31.2. The van der Waals surface area contributed by atoms with Crippen molar-refractivity contribution in [2.45, 2.75) is 373 Å². The number of rotatable bonds is 69. The van der Waals surface area contributed by atoms with Gasteiger partial charge in [0.15, 0.2) is 12.2 Å². The van der Waals surface area contributed by atoms with Crippen molar-refractivity contribution in [3.05, 3.63) is 0 Å². The number of unbranched alkanes of at least 4 members (excludes halogenated alkanes) is 43. The molecule has 0 aliphatic rings. The van der Waals surface area contributed by atoms with Crippen LogP contribution >= 0.6 is 15.6 Å². The van der Waals surface area contributed by atoms with Gasteiger partial charge < -0.3 is 33.8 Å². The van der Waals surface area contributed by atoms with Crippen LogP contribution in [0.15, 0.2) is 0 Å². The van der Waals surface area contributed by atoms with Gasteiger partial charge in [0.1, 0.15) is 19.3 Å². The quantitative estimate of drug-likeness (QED) is 0.0222. The van der Waals surface area contributed by atoms with E-state index in [2.05, 4.69) is 27.7 Å². The van der Waals surface area contributed by atoms with Crippen molar-refractivity contribution in [2.75, 3.05) is 39.6 Å². The molecule has 0 radical (unpaired) electrons. The standard InChI is InChI=1S/C68H132O17P2/c1-5-9-13-17-20-22-24-26-28-29-30-31-32-34-36-38-40-43-47-51-55-68(73)85-64(59-79-66(71)53-49-45-42-39-37-35-33-27-25-23-21-18-14-10-6-2)61-83-87(76,77)81-57-62(69)56-80-86(74,75)82-60-63(58-78-65(70)52-48-44-16-12-8-4)84-67(72)54-50-46-41-19-15-11-7-3/h62-64,69H,5-61H2,1-4H3,(H,74,75)(H,76,77)/t62-,63+,64+/m0/s1. The summed E-state index contributed by atoms with van der Waals surface area (Å²) in [5.74, 6) is -2.14. The van der Waals surface area contributed by atoms with Crippen LogP contribution in [0.5, 0.6) is 0 Å². The van der Waals surface area contributed by atoms with E-state index in [-0.39, 0.29) is 25.7 Å². The minimum absolute atomic E-state index is 0.103. The molecule has 0 aliphatic heterocycles. The highest BCUT2D eigenvalue weighted by molar-refractivity contribution is 7.47. The van der Waals surface area contributed by atoms with Gasteiger partial charge >= 0.3 is 39.5 Å². The molecule has 516 valence electrons. The van der Waals surface area contributed by atoms with Gasteiger partial charge in [0.25, 0.3) is 0 Å². The van der Waals surface area contributed by atoms with Crippen molar-refractivity contribution in [1.29, 1.82) is 0 Å². The fraction of sp³-hybridized carbons (Fsp3) is 0.941. The minimum Gasteiger partial charge on any atom is -0.462 e. The van der Waals surface area contributed by atoms with Crippen LogP contribution in [0, 0.1) is 0 Å². The first-order valence-corrected chi connectivity index (χ1v) is 38.8. The molecule has 0 aliphatic carbocycles. The van der Waals surface area contributed by atoms with Crippen molar-refractivity contribution in [3.63, 3.8) is 0 Å². The number of hydrogen-bond acceptors (Lipinski definition) is 15. The molecule has 0 heterocycles. The lowest BCUT2D eigenvalue weighted by Crippen LogP contribution is -2.30. The summed E-state index contributed by atoms with van der Waals surface area (Å²) >= 11 is 0. The third kappa shape index (κ3) is 62.6. The number of aliphatic hydroxyl groups is 1. The fourth-order valence-electron chi connectivity index (χ4n) is 10.3. The summed E-state index contributed by atoms with van der Waals surface area (Å²) in [6, 6.07) is 0. The predicted molar refractivity (Wildman–Crippen MR) is 349 cm³/mol. The molecule has 87 heavy (non-hydrogen) atoms. The number of phosphoric acid groups is 2. The van der Waals surface area contributed by atoms with Crippen LogP contribution in [0.25, 0.3) is 0 Å². The molecule has 0 spiro atoms. The first-order valence-electron chi connectivity index (χ1n) is 35.8. The molecular formula is C68H132O17P2. The first kappa shape index (κ1) is 85.1. The maximum absolute atomic E-state index is 13.0. The molecule has 5 atom stereocenters. The Morgan fingerprint density at radius 1 is 0.276 bits per heavy atom. The zero-order valence-electron chi connectivity index (χ0n) is 56.0. The third-order valence-electron chi connectivity index (χ3n) is 15.9. The second-order valence-electron chi connectivity index (χ2n) is 24.6. The third-order valence-corrected chi connectivity index (χ3v) is 17.8. The van der Waals surface area contributed by atoms with E-state index in [0.29, 0.717) is 25.7 Å². The number of carbonyl (C=O) groups is 4. The first-order chi connectivity index (χ1) is 42.2. The van der Waals surface area contributed by atoms with Crippen LogP contribution < -0.4 is 0 Å².